The maximum absolute atomic E-state index is 10.8. The van der Waals surface area contributed by atoms with Crippen molar-refractivity contribution in [1.82, 2.24) is 0 Å². The molecule has 102 valence electrons. The molecule has 2 rings (SSSR count). The fourth-order valence-corrected chi connectivity index (χ4v) is 1.57. The lowest BCUT2D eigenvalue weighted by molar-refractivity contribution is -0.131. The van der Waals surface area contributed by atoms with Gasteiger partial charge in [-0.25, -0.2) is 4.79 Å². The second kappa shape index (κ2) is 5.88. The molecule has 0 aromatic heterocycles. The fraction of sp³-hybridized carbons (Fsp3) is 0.0667. The van der Waals surface area contributed by atoms with E-state index >= 15 is 0 Å². The van der Waals surface area contributed by atoms with Gasteiger partial charge in [-0.05, 0) is 42.5 Å². The van der Waals surface area contributed by atoms with Gasteiger partial charge in [0.05, 0.1) is 5.56 Å². The maximum atomic E-state index is 10.8. The first-order chi connectivity index (χ1) is 9.54. The van der Waals surface area contributed by atoms with Crippen LogP contribution in [0, 0.1) is 0 Å². The Bertz CT molecular complexity index is 631. The minimum Gasteiger partial charge on any atom is -0.478 e. The van der Waals surface area contributed by atoms with E-state index < -0.39 is 11.9 Å². The molecule has 0 aliphatic rings. The number of hydrogen-bond donors (Lipinski definition) is 1. The summed E-state index contributed by atoms with van der Waals surface area (Å²) in [6.45, 7) is 1.32. The van der Waals surface area contributed by atoms with Crippen LogP contribution in [0.4, 0.5) is 0 Å². The predicted octanol–water partition coefficient (Wildman–Crippen LogP) is 3.10. The van der Waals surface area contributed by atoms with E-state index in [9.17, 15) is 9.59 Å². The highest BCUT2D eigenvalue weighted by atomic mass is 16.5. The highest BCUT2D eigenvalue weighted by molar-refractivity contribution is 5.88. The van der Waals surface area contributed by atoms with Crippen LogP contribution in [0.5, 0.6) is 17.2 Å². The summed E-state index contributed by atoms with van der Waals surface area (Å²) < 4.78 is 10.4. The summed E-state index contributed by atoms with van der Waals surface area (Å²) in [5.41, 5.74) is 0.152. The van der Waals surface area contributed by atoms with E-state index in [-0.39, 0.29) is 5.56 Å². The molecule has 20 heavy (non-hydrogen) atoms. The fourth-order valence-electron chi connectivity index (χ4n) is 1.57. The number of carboxylic acid groups (broad SMARTS) is 1. The minimum absolute atomic E-state index is 0.152. The van der Waals surface area contributed by atoms with Crippen molar-refractivity contribution in [3.63, 3.8) is 0 Å². The molecule has 5 nitrogen and oxygen atoms in total. The number of esters is 1. The van der Waals surface area contributed by atoms with E-state index in [1.165, 1.54) is 19.1 Å². The number of carboxylic acids is 1. The van der Waals surface area contributed by atoms with Crippen molar-refractivity contribution in [3.05, 3.63) is 54.1 Å². The van der Waals surface area contributed by atoms with Gasteiger partial charge in [0.1, 0.15) is 17.2 Å². The zero-order valence-corrected chi connectivity index (χ0v) is 10.7. The van der Waals surface area contributed by atoms with Gasteiger partial charge in [0.15, 0.2) is 0 Å². The summed E-state index contributed by atoms with van der Waals surface area (Å²) in [5, 5.41) is 8.89. The van der Waals surface area contributed by atoms with Crippen LogP contribution in [0.3, 0.4) is 0 Å². The summed E-state index contributed by atoms with van der Waals surface area (Å²) in [6, 6.07) is 12.6. The molecule has 0 atom stereocenters. The summed E-state index contributed by atoms with van der Waals surface area (Å²) in [4.78, 5) is 21.6. The first-order valence-corrected chi connectivity index (χ1v) is 5.84. The topological polar surface area (TPSA) is 72.8 Å². The third-order valence-corrected chi connectivity index (χ3v) is 2.40. The standard InChI is InChI=1S/C15H12O5/c1-10(16)19-12-5-7-13(8-6-12)20-14-4-2-3-11(9-14)15(17)18/h2-9H,1H3,(H,17,18). The molecule has 0 spiro atoms. The minimum atomic E-state index is -1.01. The van der Waals surface area contributed by atoms with Gasteiger partial charge in [-0.1, -0.05) is 6.07 Å². The lowest BCUT2D eigenvalue weighted by Crippen LogP contribution is -2.00. The molecule has 0 aliphatic carbocycles. The van der Waals surface area contributed by atoms with Gasteiger partial charge in [0.2, 0.25) is 0 Å². The Morgan fingerprint density at radius 3 is 2.20 bits per heavy atom. The molecule has 0 aliphatic heterocycles. The monoisotopic (exact) mass is 272 g/mol. The van der Waals surface area contributed by atoms with E-state index in [1.807, 2.05) is 0 Å². The van der Waals surface area contributed by atoms with Gasteiger partial charge in [-0.15, -0.1) is 0 Å². The summed E-state index contributed by atoms with van der Waals surface area (Å²) in [7, 11) is 0. The van der Waals surface area contributed by atoms with Gasteiger partial charge in [-0.2, -0.15) is 0 Å². The molecule has 0 radical (unpaired) electrons. The normalized spacial score (nSPS) is 9.85. The number of rotatable bonds is 4. The van der Waals surface area contributed by atoms with Crippen molar-refractivity contribution in [1.29, 1.82) is 0 Å². The van der Waals surface area contributed by atoms with Gasteiger partial charge in [0, 0.05) is 6.92 Å². The van der Waals surface area contributed by atoms with Crippen molar-refractivity contribution in [2.24, 2.45) is 0 Å². The Morgan fingerprint density at radius 2 is 1.60 bits per heavy atom. The zero-order valence-electron chi connectivity index (χ0n) is 10.7. The Balaban J connectivity index is 2.11. The second-order valence-electron chi connectivity index (χ2n) is 4.00. The quantitative estimate of drug-likeness (QED) is 0.684. The number of carbonyl (C=O) groups excluding carboxylic acids is 1. The molecular formula is C15H12O5. The zero-order chi connectivity index (χ0) is 14.5. The summed E-state index contributed by atoms with van der Waals surface area (Å²) >= 11 is 0. The van der Waals surface area contributed by atoms with Crippen LogP contribution < -0.4 is 9.47 Å². The maximum Gasteiger partial charge on any atom is 0.335 e. The highest BCUT2D eigenvalue weighted by Crippen LogP contribution is 2.24. The van der Waals surface area contributed by atoms with Crippen molar-refractivity contribution >= 4 is 11.9 Å². The number of aromatic carboxylic acids is 1. The average molecular weight is 272 g/mol. The molecule has 0 heterocycles. The molecule has 0 fully saturated rings. The van der Waals surface area contributed by atoms with Crippen molar-refractivity contribution in [3.8, 4) is 17.2 Å². The predicted molar refractivity (Wildman–Crippen MR) is 71.2 cm³/mol. The highest BCUT2D eigenvalue weighted by Gasteiger charge is 2.05. The molecule has 5 heteroatoms. The molecular weight excluding hydrogens is 260 g/mol. The van der Waals surface area contributed by atoms with Crippen LogP contribution in [0.15, 0.2) is 48.5 Å². The molecule has 0 unspecified atom stereocenters. The van der Waals surface area contributed by atoms with Crippen LogP contribution in [-0.2, 0) is 4.79 Å². The largest absolute Gasteiger partial charge is 0.478 e. The first-order valence-electron chi connectivity index (χ1n) is 5.84. The lowest BCUT2D eigenvalue weighted by Gasteiger charge is -2.07. The van der Waals surface area contributed by atoms with Crippen LogP contribution in [0.2, 0.25) is 0 Å². The molecule has 1 N–H and O–H groups in total. The number of carbonyl (C=O) groups is 2. The molecule has 2 aromatic rings. The molecule has 0 bridgehead atoms. The average Bonchev–Trinajstić information content (AvgIpc) is 2.41. The number of hydrogen-bond acceptors (Lipinski definition) is 4. The molecule has 0 saturated carbocycles. The van der Waals surface area contributed by atoms with Gasteiger partial charge in [0.25, 0.3) is 0 Å². The Labute approximate surface area is 115 Å². The first kappa shape index (κ1) is 13.6. The summed E-state index contributed by atoms with van der Waals surface area (Å²) in [5.74, 6) is -0.0498. The van der Waals surface area contributed by atoms with Crippen LogP contribution in [0.1, 0.15) is 17.3 Å². The van der Waals surface area contributed by atoms with Crippen molar-refractivity contribution in [2.75, 3.05) is 0 Å². The lowest BCUT2D eigenvalue weighted by atomic mass is 10.2. The van der Waals surface area contributed by atoms with Crippen LogP contribution in [0.25, 0.3) is 0 Å². The number of benzene rings is 2. The van der Waals surface area contributed by atoms with E-state index in [2.05, 4.69) is 0 Å². The third-order valence-electron chi connectivity index (χ3n) is 2.40. The molecule has 0 saturated heterocycles. The summed E-state index contributed by atoms with van der Waals surface area (Å²) in [6.07, 6.45) is 0. The van der Waals surface area contributed by atoms with Crippen molar-refractivity contribution in [2.45, 2.75) is 6.92 Å². The van der Waals surface area contributed by atoms with Crippen molar-refractivity contribution < 1.29 is 24.2 Å². The molecule has 2 aromatic carbocycles. The Kier molecular flexibility index (Phi) is 4.00. The van der Waals surface area contributed by atoms with Crippen LogP contribution in [-0.4, -0.2) is 17.0 Å². The van der Waals surface area contributed by atoms with E-state index in [0.717, 1.165) is 0 Å². The van der Waals surface area contributed by atoms with Gasteiger partial charge < -0.3 is 14.6 Å². The smallest absolute Gasteiger partial charge is 0.335 e. The number of ether oxygens (including phenoxy) is 2. The SMILES string of the molecule is CC(=O)Oc1ccc(Oc2cccc(C(=O)O)c2)cc1. The van der Waals surface area contributed by atoms with Gasteiger partial charge in [-0.3, -0.25) is 4.79 Å². The Hall–Kier alpha value is -2.82. The third kappa shape index (κ3) is 3.58. The molecule has 0 amide bonds. The second-order valence-corrected chi connectivity index (χ2v) is 4.00. The Morgan fingerprint density at radius 1 is 0.950 bits per heavy atom. The van der Waals surface area contributed by atoms with Gasteiger partial charge >= 0.3 is 11.9 Å². The van der Waals surface area contributed by atoms with E-state index in [0.29, 0.717) is 17.2 Å². The van der Waals surface area contributed by atoms with E-state index in [4.69, 9.17) is 14.6 Å². The van der Waals surface area contributed by atoms with Crippen LogP contribution >= 0.6 is 0 Å². The van der Waals surface area contributed by atoms with E-state index in [1.54, 1.807) is 36.4 Å².